The van der Waals surface area contributed by atoms with E-state index in [1.165, 1.54) is 0 Å². The fraction of sp³-hybridized carbons (Fsp3) is 0.400. The second-order valence-electron chi connectivity index (χ2n) is 2.60. The van der Waals surface area contributed by atoms with E-state index in [9.17, 15) is 0 Å². The Bertz CT molecular complexity index is 370. The molecule has 4 nitrogen and oxygen atoms in total. The van der Waals surface area contributed by atoms with Gasteiger partial charge < -0.3 is 15.6 Å². The predicted molar refractivity (Wildman–Crippen MR) is 68.5 cm³/mol. The van der Waals surface area contributed by atoms with Crippen LogP contribution in [0.2, 0.25) is 0 Å². The molecule has 0 bridgehead atoms. The van der Waals surface area contributed by atoms with Gasteiger partial charge in [-0.25, -0.2) is 4.98 Å². The number of nitrogen functional groups attached to an aromatic ring is 1. The molecule has 0 saturated heterocycles. The fourth-order valence-corrected chi connectivity index (χ4v) is 1.03. The zero-order chi connectivity index (χ0) is 11.8. The minimum absolute atomic E-state index is 0.421. The maximum atomic E-state index is 5.64. The van der Waals surface area contributed by atoms with Crippen LogP contribution in [-0.2, 0) is 7.05 Å². The van der Waals surface area contributed by atoms with Gasteiger partial charge in [-0.05, 0) is 12.2 Å². The third kappa shape index (κ3) is 4.12. The van der Waals surface area contributed by atoms with Gasteiger partial charge in [-0.15, -0.1) is 6.58 Å². The zero-order valence-electron chi connectivity index (χ0n) is 9.45. The van der Waals surface area contributed by atoms with Gasteiger partial charge in [0.15, 0.2) is 5.82 Å². The lowest BCUT2D eigenvalue weighted by Crippen LogP contribution is -2.07. The lowest BCUT2D eigenvalue weighted by atomic mass is 10.4. The first-order valence-electron chi connectivity index (χ1n) is 4.83. The van der Waals surface area contributed by atoms with Crippen LogP contribution in [0.4, 0.5) is 11.5 Å². The molecule has 0 fully saturated rings. The van der Waals surface area contributed by atoms with Crippen LogP contribution < -0.4 is 11.1 Å². The number of aromatic nitrogens is 2. The normalized spacial score (nSPS) is 8.73. The second-order valence-corrected chi connectivity index (χ2v) is 2.97. The standard InChI is InChI=1S/C8H12N4S.C2H6/c1-3-4-10-6-5-12(2)8(13)11-7(6)9;1-2/h3,5,10H,1,4H2,2H3,(H2,9,11,13);1-2H3. The molecule has 1 aromatic rings. The molecule has 0 atom stereocenters. The molecule has 1 heterocycles. The lowest BCUT2D eigenvalue weighted by molar-refractivity contribution is 0.847. The third-order valence-electron chi connectivity index (χ3n) is 1.55. The molecular weight excluding hydrogens is 208 g/mol. The van der Waals surface area contributed by atoms with Crippen LogP contribution in [0.15, 0.2) is 18.9 Å². The van der Waals surface area contributed by atoms with Crippen molar-refractivity contribution in [2.45, 2.75) is 13.8 Å². The smallest absolute Gasteiger partial charge is 0.201 e. The average Bonchev–Trinajstić information content (AvgIpc) is 2.24. The number of hydrogen-bond acceptors (Lipinski definition) is 4. The fourth-order valence-electron chi connectivity index (χ4n) is 0.875. The summed E-state index contributed by atoms with van der Waals surface area (Å²) in [5.41, 5.74) is 6.42. The summed E-state index contributed by atoms with van der Waals surface area (Å²) in [6.07, 6.45) is 3.56. The van der Waals surface area contributed by atoms with Crippen molar-refractivity contribution in [3.05, 3.63) is 23.6 Å². The predicted octanol–water partition coefficient (Wildman–Crippen LogP) is 2.36. The highest BCUT2D eigenvalue weighted by molar-refractivity contribution is 7.71. The summed E-state index contributed by atoms with van der Waals surface area (Å²) >= 11 is 4.94. The van der Waals surface area contributed by atoms with E-state index in [4.69, 9.17) is 18.0 Å². The van der Waals surface area contributed by atoms with Crippen LogP contribution >= 0.6 is 12.2 Å². The minimum atomic E-state index is 0.421. The topological polar surface area (TPSA) is 55.9 Å². The molecule has 0 saturated carbocycles. The van der Waals surface area contributed by atoms with Crippen LogP contribution in [0.5, 0.6) is 0 Å². The van der Waals surface area contributed by atoms with Crippen molar-refractivity contribution in [1.82, 2.24) is 9.55 Å². The highest BCUT2D eigenvalue weighted by atomic mass is 32.1. The van der Waals surface area contributed by atoms with Crippen molar-refractivity contribution < 1.29 is 0 Å². The minimum Gasteiger partial charge on any atom is -0.382 e. The Hall–Kier alpha value is -1.36. The highest BCUT2D eigenvalue weighted by Crippen LogP contribution is 2.13. The summed E-state index contributed by atoms with van der Waals surface area (Å²) in [6, 6.07) is 0. The Morgan fingerprint density at radius 2 is 2.27 bits per heavy atom. The van der Waals surface area contributed by atoms with E-state index in [1.54, 1.807) is 10.6 Å². The van der Waals surface area contributed by atoms with E-state index < -0.39 is 0 Å². The van der Waals surface area contributed by atoms with Crippen LogP contribution in [0, 0.1) is 4.77 Å². The molecule has 0 aliphatic heterocycles. The van der Waals surface area contributed by atoms with Gasteiger partial charge >= 0.3 is 0 Å². The maximum absolute atomic E-state index is 5.64. The molecule has 0 aliphatic carbocycles. The van der Waals surface area contributed by atoms with Gasteiger partial charge in [0.05, 0.1) is 5.69 Å². The van der Waals surface area contributed by atoms with Crippen LogP contribution in [-0.4, -0.2) is 16.1 Å². The number of anilines is 2. The number of rotatable bonds is 3. The number of nitrogens with one attached hydrogen (secondary N) is 1. The van der Waals surface area contributed by atoms with Gasteiger partial charge in [0, 0.05) is 19.8 Å². The molecule has 0 amide bonds. The molecule has 5 heteroatoms. The van der Waals surface area contributed by atoms with E-state index >= 15 is 0 Å². The van der Waals surface area contributed by atoms with E-state index in [0.717, 1.165) is 5.69 Å². The number of nitrogens with two attached hydrogens (primary N) is 1. The molecular formula is C10H18N4S. The van der Waals surface area contributed by atoms with Crippen molar-refractivity contribution in [2.75, 3.05) is 17.6 Å². The first-order valence-corrected chi connectivity index (χ1v) is 5.24. The Kier molecular flexibility index (Phi) is 6.37. The Balaban J connectivity index is 0.000000921. The first kappa shape index (κ1) is 13.6. The van der Waals surface area contributed by atoms with Crippen LogP contribution in [0.3, 0.4) is 0 Å². The average molecular weight is 226 g/mol. The maximum Gasteiger partial charge on any atom is 0.201 e. The molecule has 0 aromatic carbocycles. The second kappa shape index (κ2) is 7.00. The van der Waals surface area contributed by atoms with Gasteiger partial charge in [-0.2, -0.15) is 0 Å². The molecule has 15 heavy (non-hydrogen) atoms. The highest BCUT2D eigenvalue weighted by Gasteiger charge is 1.99. The molecule has 0 aliphatic rings. The van der Waals surface area contributed by atoms with Gasteiger partial charge in [-0.1, -0.05) is 19.9 Å². The van der Waals surface area contributed by atoms with Gasteiger partial charge in [0.1, 0.15) is 0 Å². The van der Waals surface area contributed by atoms with Crippen molar-refractivity contribution in [2.24, 2.45) is 7.05 Å². The van der Waals surface area contributed by atoms with Gasteiger partial charge in [0.2, 0.25) is 4.77 Å². The van der Waals surface area contributed by atoms with Gasteiger partial charge in [-0.3, -0.25) is 0 Å². The molecule has 3 N–H and O–H groups in total. The summed E-state index contributed by atoms with van der Waals surface area (Å²) in [5.74, 6) is 0.421. The van der Waals surface area contributed by atoms with Crippen molar-refractivity contribution in [3.8, 4) is 0 Å². The largest absolute Gasteiger partial charge is 0.382 e. The summed E-state index contributed by atoms with van der Waals surface area (Å²) in [5, 5.41) is 3.06. The number of nitrogens with zero attached hydrogens (tertiary/aromatic N) is 2. The van der Waals surface area contributed by atoms with E-state index in [-0.39, 0.29) is 0 Å². The molecule has 84 valence electrons. The van der Waals surface area contributed by atoms with E-state index in [2.05, 4.69) is 16.9 Å². The van der Waals surface area contributed by atoms with Crippen LogP contribution in [0.25, 0.3) is 0 Å². The molecule has 1 aromatic heterocycles. The van der Waals surface area contributed by atoms with E-state index in [0.29, 0.717) is 17.1 Å². The third-order valence-corrected chi connectivity index (χ3v) is 1.93. The molecule has 0 radical (unpaired) electrons. The molecule has 0 spiro atoms. The Morgan fingerprint density at radius 3 is 2.80 bits per heavy atom. The monoisotopic (exact) mass is 226 g/mol. The van der Waals surface area contributed by atoms with Crippen molar-refractivity contribution >= 4 is 23.7 Å². The first-order chi connectivity index (χ1) is 7.15. The van der Waals surface area contributed by atoms with Crippen molar-refractivity contribution in [3.63, 3.8) is 0 Å². The van der Waals surface area contributed by atoms with E-state index in [1.807, 2.05) is 27.1 Å². The number of aryl methyl sites for hydroxylation is 1. The summed E-state index contributed by atoms with van der Waals surface area (Å²) < 4.78 is 2.21. The lowest BCUT2D eigenvalue weighted by Gasteiger charge is -2.08. The summed E-state index contributed by atoms with van der Waals surface area (Å²) in [7, 11) is 1.83. The van der Waals surface area contributed by atoms with Crippen molar-refractivity contribution in [1.29, 1.82) is 0 Å². The quantitative estimate of drug-likeness (QED) is 0.613. The van der Waals surface area contributed by atoms with Gasteiger partial charge in [0.25, 0.3) is 0 Å². The summed E-state index contributed by atoms with van der Waals surface area (Å²) in [4.78, 5) is 3.98. The Labute approximate surface area is 95.8 Å². The zero-order valence-corrected chi connectivity index (χ0v) is 10.3. The molecule has 0 unspecified atom stereocenters. The van der Waals surface area contributed by atoms with Crippen LogP contribution in [0.1, 0.15) is 13.8 Å². The SMILES string of the molecule is C=CCNc1cn(C)c(=S)nc1N.CC. The molecule has 1 rings (SSSR count). The number of hydrogen-bond donors (Lipinski definition) is 2. The Morgan fingerprint density at radius 1 is 1.67 bits per heavy atom. The summed E-state index contributed by atoms with van der Waals surface area (Å²) in [6.45, 7) is 8.25.